The second-order valence-electron chi connectivity index (χ2n) is 13.0. The Balaban J connectivity index is 4.95. The number of ether oxygens (including phenoxy) is 1. The molecule has 0 aliphatic rings. The Morgan fingerprint density at radius 2 is 1.22 bits per heavy atom. The first-order chi connectivity index (χ1) is 16.6. The van der Waals surface area contributed by atoms with Gasteiger partial charge in [0, 0.05) is 12.5 Å². The molecule has 0 spiro atoms. The molecule has 0 aromatic carbocycles. The predicted octanol–water partition coefficient (Wildman–Crippen LogP) is 8.69. The zero-order valence-electron chi connectivity index (χ0n) is 25.7. The number of rotatable bonds is 21. The van der Waals surface area contributed by atoms with E-state index >= 15 is 0 Å². The molecule has 0 aliphatic carbocycles. The van der Waals surface area contributed by atoms with E-state index in [0.29, 0.717) is 12.5 Å². The number of methoxy groups -OCH3 is 1. The lowest BCUT2D eigenvalue weighted by Gasteiger charge is -2.37. The summed E-state index contributed by atoms with van der Waals surface area (Å²) < 4.78 is 24.6. The molecule has 3 unspecified atom stereocenters. The molecule has 0 radical (unpaired) electrons. The largest absolute Gasteiger partial charge is 0.469 e. The molecule has 36 heavy (non-hydrogen) atoms. The van der Waals surface area contributed by atoms with Crippen molar-refractivity contribution in [2.45, 2.75) is 155 Å². The second-order valence-corrected chi connectivity index (χ2v) is 26.3. The molecule has 0 heterocycles. The van der Waals surface area contributed by atoms with E-state index in [1.54, 1.807) is 0 Å². The van der Waals surface area contributed by atoms with Crippen LogP contribution in [0.1, 0.15) is 77.6 Å². The Morgan fingerprint density at radius 3 is 1.75 bits per heavy atom. The number of hydrogen-bond acceptors (Lipinski definition) is 5. The number of allylic oxidation sites excluding steroid dienone is 1. The summed E-state index contributed by atoms with van der Waals surface area (Å²) in [6, 6.07) is 0. The van der Waals surface area contributed by atoms with Crippen LogP contribution in [0.4, 0.5) is 0 Å². The molecule has 0 bridgehead atoms. The third kappa shape index (κ3) is 21.8. The highest BCUT2D eigenvalue weighted by Crippen LogP contribution is 2.25. The van der Waals surface area contributed by atoms with Crippen molar-refractivity contribution < 1.29 is 22.8 Å². The summed E-state index contributed by atoms with van der Waals surface area (Å²) in [4.78, 5) is 11.2. The molecule has 0 aromatic rings. The fraction of sp³-hybridized carbons (Fsp3) is 0.893. The first-order valence-corrected chi connectivity index (χ1v) is 24.5. The number of hydrogen-bond donors (Lipinski definition) is 0. The smallest absolute Gasteiger partial charge is 0.305 e. The zero-order chi connectivity index (χ0) is 27.8. The topological polar surface area (TPSA) is 54.0 Å². The van der Waals surface area contributed by atoms with Gasteiger partial charge in [-0.15, -0.1) is 0 Å². The summed E-state index contributed by atoms with van der Waals surface area (Å²) in [5.41, 5.74) is 0. The van der Waals surface area contributed by atoms with Crippen LogP contribution in [-0.2, 0) is 22.8 Å². The molecule has 0 saturated carbocycles. The molecule has 5 nitrogen and oxygen atoms in total. The van der Waals surface area contributed by atoms with Crippen LogP contribution in [0.5, 0.6) is 0 Å². The standard InChI is InChI=1S/C28H60O5Si3/c1-12-25(31-34(3,4)5)23-24-27(33-36(9,10)11)26(32-35(6,7)8)21-19-17-15-13-14-16-18-20-22-28(29)30-2/h17,19,25-27H,12-16,18,20-24H2,1-11H3/b19-17-. The van der Waals surface area contributed by atoms with Crippen molar-refractivity contribution in [2.75, 3.05) is 7.11 Å². The third-order valence-electron chi connectivity index (χ3n) is 5.69. The minimum Gasteiger partial charge on any atom is -0.469 e. The van der Waals surface area contributed by atoms with Crippen LogP contribution >= 0.6 is 0 Å². The summed E-state index contributed by atoms with van der Waals surface area (Å²) in [7, 11) is -3.55. The SMILES string of the molecule is CCC(CCC(O[Si](C)(C)C)C(C/C=C\CCCCCCCC(=O)OC)O[Si](C)(C)C)O[Si](C)(C)C. The number of carbonyl (C=O) groups excluding carboxylic acids is 1. The van der Waals surface area contributed by atoms with E-state index in [4.69, 9.17) is 18.0 Å². The van der Waals surface area contributed by atoms with Gasteiger partial charge in [0.2, 0.25) is 0 Å². The minimum absolute atomic E-state index is 0.0989. The van der Waals surface area contributed by atoms with Crippen LogP contribution in [0.25, 0.3) is 0 Å². The normalized spacial score (nSPS) is 15.8. The van der Waals surface area contributed by atoms with E-state index in [-0.39, 0.29) is 18.2 Å². The van der Waals surface area contributed by atoms with Gasteiger partial charge in [-0.05, 0) is 104 Å². The van der Waals surface area contributed by atoms with Crippen molar-refractivity contribution in [3.63, 3.8) is 0 Å². The van der Waals surface area contributed by atoms with E-state index in [0.717, 1.165) is 44.9 Å². The Morgan fingerprint density at radius 1 is 0.694 bits per heavy atom. The Labute approximate surface area is 227 Å². The molecule has 0 saturated heterocycles. The lowest BCUT2D eigenvalue weighted by Crippen LogP contribution is -2.45. The lowest BCUT2D eigenvalue weighted by atomic mass is 10.0. The molecule has 0 aliphatic heterocycles. The maximum atomic E-state index is 11.2. The maximum Gasteiger partial charge on any atom is 0.305 e. The van der Waals surface area contributed by atoms with Crippen LogP contribution in [0.15, 0.2) is 12.2 Å². The third-order valence-corrected chi connectivity index (χ3v) is 8.75. The Bertz CT molecular complexity index is 606. The lowest BCUT2D eigenvalue weighted by molar-refractivity contribution is -0.140. The molecular formula is C28H60O5Si3. The van der Waals surface area contributed by atoms with E-state index in [1.807, 2.05) is 0 Å². The van der Waals surface area contributed by atoms with Gasteiger partial charge in [0.05, 0.1) is 19.3 Å². The van der Waals surface area contributed by atoms with Crippen molar-refractivity contribution in [3.05, 3.63) is 12.2 Å². The van der Waals surface area contributed by atoms with Crippen molar-refractivity contribution in [2.24, 2.45) is 0 Å². The van der Waals surface area contributed by atoms with Gasteiger partial charge in [0.25, 0.3) is 0 Å². The van der Waals surface area contributed by atoms with Gasteiger partial charge in [-0.2, -0.15) is 0 Å². The van der Waals surface area contributed by atoms with Gasteiger partial charge >= 0.3 is 5.97 Å². The van der Waals surface area contributed by atoms with Gasteiger partial charge in [-0.3, -0.25) is 4.79 Å². The highest BCUT2D eigenvalue weighted by atomic mass is 28.4. The quantitative estimate of drug-likeness (QED) is 0.0608. The monoisotopic (exact) mass is 560 g/mol. The first-order valence-electron chi connectivity index (χ1n) is 14.3. The summed E-state index contributed by atoms with van der Waals surface area (Å²) in [6.07, 6.45) is 16.4. The van der Waals surface area contributed by atoms with E-state index in [1.165, 1.54) is 26.4 Å². The van der Waals surface area contributed by atoms with Crippen LogP contribution in [0, 0.1) is 0 Å². The molecule has 0 N–H and O–H groups in total. The van der Waals surface area contributed by atoms with Crippen LogP contribution in [-0.4, -0.2) is 56.3 Å². The van der Waals surface area contributed by atoms with E-state index in [9.17, 15) is 4.79 Å². The molecule has 3 atom stereocenters. The summed E-state index contributed by atoms with van der Waals surface area (Å²) in [5, 5.41) is 0. The zero-order valence-corrected chi connectivity index (χ0v) is 28.7. The average Bonchev–Trinajstić information content (AvgIpc) is 2.73. The number of esters is 1. The van der Waals surface area contributed by atoms with Crippen molar-refractivity contribution in [1.82, 2.24) is 0 Å². The highest BCUT2D eigenvalue weighted by molar-refractivity contribution is 6.70. The van der Waals surface area contributed by atoms with Crippen LogP contribution < -0.4 is 0 Å². The highest BCUT2D eigenvalue weighted by Gasteiger charge is 2.32. The number of carbonyl (C=O) groups is 1. The first kappa shape index (κ1) is 35.7. The van der Waals surface area contributed by atoms with Crippen molar-refractivity contribution in [1.29, 1.82) is 0 Å². The minimum atomic E-state index is -1.72. The van der Waals surface area contributed by atoms with E-state index < -0.39 is 25.0 Å². The van der Waals surface area contributed by atoms with Gasteiger partial charge in [0.1, 0.15) is 0 Å². The fourth-order valence-electron chi connectivity index (χ4n) is 4.21. The number of unbranched alkanes of at least 4 members (excludes halogenated alkanes) is 5. The summed E-state index contributed by atoms with van der Waals surface area (Å²) in [6.45, 7) is 22.7. The van der Waals surface area contributed by atoms with E-state index in [2.05, 4.69) is 78.0 Å². The van der Waals surface area contributed by atoms with Crippen LogP contribution in [0.3, 0.4) is 0 Å². The fourth-order valence-corrected chi connectivity index (χ4v) is 7.83. The summed E-state index contributed by atoms with van der Waals surface area (Å²) in [5.74, 6) is -0.0989. The summed E-state index contributed by atoms with van der Waals surface area (Å²) >= 11 is 0. The molecule has 0 rings (SSSR count). The average molecular weight is 561 g/mol. The molecular weight excluding hydrogens is 501 g/mol. The van der Waals surface area contributed by atoms with Crippen LogP contribution in [0.2, 0.25) is 58.9 Å². The van der Waals surface area contributed by atoms with Crippen molar-refractivity contribution in [3.8, 4) is 0 Å². The van der Waals surface area contributed by atoms with Gasteiger partial charge in [0.15, 0.2) is 25.0 Å². The Kier molecular flexibility index (Phi) is 18.0. The maximum absolute atomic E-state index is 11.2. The second kappa shape index (κ2) is 18.1. The molecule has 8 heteroatoms. The Hall–Kier alpha value is -0.259. The molecule has 0 aromatic heterocycles. The molecule has 0 amide bonds. The van der Waals surface area contributed by atoms with Crippen molar-refractivity contribution >= 4 is 30.9 Å². The van der Waals surface area contributed by atoms with Gasteiger partial charge in [-0.1, -0.05) is 38.3 Å². The molecule has 214 valence electrons. The predicted molar refractivity (Wildman–Crippen MR) is 162 cm³/mol. The van der Waals surface area contributed by atoms with Gasteiger partial charge < -0.3 is 18.0 Å². The van der Waals surface area contributed by atoms with Gasteiger partial charge in [-0.25, -0.2) is 0 Å². The molecule has 0 fully saturated rings.